The molecule has 1 saturated heterocycles. The Bertz CT molecular complexity index is 1260. The van der Waals surface area contributed by atoms with Crippen LogP contribution in [0.4, 0.5) is 14.9 Å². The van der Waals surface area contributed by atoms with E-state index in [1.165, 1.54) is 12.1 Å². The van der Waals surface area contributed by atoms with Crippen LogP contribution in [0.5, 0.6) is 5.75 Å². The number of ether oxygens (including phenoxy) is 1. The average Bonchev–Trinajstić information content (AvgIpc) is 3.07. The number of hydrogen-bond donors (Lipinski definition) is 1. The van der Waals surface area contributed by atoms with E-state index in [1.807, 2.05) is 25.1 Å². The number of thioether (sulfide) groups is 1. The molecule has 0 unspecified atom stereocenters. The van der Waals surface area contributed by atoms with Crippen LogP contribution in [0.25, 0.3) is 6.08 Å². The molecule has 1 fully saturated rings. The van der Waals surface area contributed by atoms with E-state index in [4.69, 9.17) is 4.74 Å². The van der Waals surface area contributed by atoms with Gasteiger partial charge in [0.1, 0.15) is 11.6 Å². The van der Waals surface area contributed by atoms with E-state index >= 15 is 0 Å². The SMILES string of the molecule is Cc1cccc(NC(=O)COc2ccc(/C=C3\SC(=O)N(Cc4ccc(F)cc4)C3=O)cc2)c1. The minimum atomic E-state index is -0.396. The third-order valence-electron chi connectivity index (χ3n) is 4.98. The molecule has 1 aliphatic rings. The number of carbonyl (C=O) groups excluding carboxylic acids is 3. The highest BCUT2D eigenvalue weighted by atomic mass is 32.2. The van der Waals surface area contributed by atoms with E-state index in [-0.39, 0.29) is 30.1 Å². The molecule has 3 amide bonds. The number of halogens is 1. The van der Waals surface area contributed by atoms with Crippen molar-refractivity contribution < 1.29 is 23.5 Å². The summed E-state index contributed by atoms with van der Waals surface area (Å²) >= 11 is 0.860. The van der Waals surface area contributed by atoms with Crippen LogP contribution in [0.3, 0.4) is 0 Å². The first-order valence-corrected chi connectivity index (χ1v) is 11.3. The Morgan fingerprint density at radius 2 is 1.79 bits per heavy atom. The van der Waals surface area contributed by atoms with Crippen LogP contribution in [0.1, 0.15) is 16.7 Å². The molecule has 0 aromatic heterocycles. The van der Waals surface area contributed by atoms with Crippen molar-refractivity contribution in [2.75, 3.05) is 11.9 Å². The summed E-state index contributed by atoms with van der Waals surface area (Å²) in [6, 6.07) is 20.0. The Morgan fingerprint density at radius 3 is 2.50 bits per heavy atom. The molecule has 0 radical (unpaired) electrons. The lowest BCUT2D eigenvalue weighted by Gasteiger charge is -2.12. The van der Waals surface area contributed by atoms with E-state index in [0.29, 0.717) is 27.5 Å². The van der Waals surface area contributed by atoms with Gasteiger partial charge in [0, 0.05) is 5.69 Å². The number of rotatable bonds is 7. The molecule has 1 N–H and O–H groups in total. The monoisotopic (exact) mass is 476 g/mol. The molecule has 0 atom stereocenters. The highest BCUT2D eigenvalue weighted by Crippen LogP contribution is 2.33. The standard InChI is InChI=1S/C26H21FN2O4S/c1-17-3-2-4-21(13-17)28-24(30)16-33-22-11-7-18(8-12-22)14-23-25(31)29(26(32)34-23)15-19-5-9-20(27)10-6-19/h2-14H,15-16H2,1H3,(H,28,30)/b23-14-. The molecule has 1 heterocycles. The first-order valence-electron chi connectivity index (χ1n) is 10.5. The molecule has 0 aliphatic carbocycles. The summed E-state index contributed by atoms with van der Waals surface area (Å²) in [5.74, 6) is -0.546. The number of benzene rings is 3. The maximum absolute atomic E-state index is 13.1. The van der Waals surface area contributed by atoms with Crippen LogP contribution in [0.2, 0.25) is 0 Å². The summed E-state index contributed by atoms with van der Waals surface area (Å²) in [5.41, 5.74) is 3.13. The lowest BCUT2D eigenvalue weighted by Crippen LogP contribution is -2.27. The number of carbonyl (C=O) groups is 3. The van der Waals surface area contributed by atoms with Crippen molar-refractivity contribution in [1.29, 1.82) is 0 Å². The summed E-state index contributed by atoms with van der Waals surface area (Å²) in [7, 11) is 0. The lowest BCUT2D eigenvalue weighted by molar-refractivity contribution is -0.123. The summed E-state index contributed by atoms with van der Waals surface area (Å²) in [6.45, 7) is 1.88. The summed E-state index contributed by atoms with van der Waals surface area (Å²) < 4.78 is 18.6. The Balaban J connectivity index is 1.33. The molecule has 34 heavy (non-hydrogen) atoms. The van der Waals surface area contributed by atoms with Gasteiger partial charge >= 0.3 is 0 Å². The third-order valence-corrected chi connectivity index (χ3v) is 5.88. The van der Waals surface area contributed by atoms with Crippen LogP contribution in [0, 0.1) is 12.7 Å². The number of nitrogens with zero attached hydrogens (tertiary/aromatic N) is 1. The Kier molecular flexibility index (Phi) is 7.08. The van der Waals surface area contributed by atoms with Gasteiger partial charge in [-0.15, -0.1) is 0 Å². The van der Waals surface area contributed by atoms with E-state index in [2.05, 4.69) is 5.32 Å². The Morgan fingerprint density at radius 1 is 1.06 bits per heavy atom. The smallest absolute Gasteiger partial charge is 0.293 e. The molecule has 0 bridgehead atoms. The maximum Gasteiger partial charge on any atom is 0.293 e. The fourth-order valence-corrected chi connectivity index (χ4v) is 4.13. The van der Waals surface area contributed by atoms with Crippen LogP contribution in [-0.4, -0.2) is 28.6 Å². The zero-order chi connectivity index (χ0) is 24.1. The Labute approximate surface area is 200 Å². The fourth-order valence-electron chi connectivity index (χ4n) is 3.29. The van der Waals surface area contributed by atoms with Gasteiger partial charge in [-0.1, -0.05) is 36.4 Å². The van der Waals surface area contributed by atoms with Gasteiger partial charge < -0.3 is 10.1 Å². The molecule has 4 rings (SSSR count). The second-order valence-corrected chi connectivity index (χ2v) is 8.66. The van der Waals surface area contributed by atoms with Gasteiger partial charge in [0.2, 0.25) is 0 Å². The number of hydrogen-bond acceptors (Lipinski definition) is 5. The van der Waals surface area contributed by atoms with Gasteiger partial charge in [-0.3, -0.25) is 19.3 Å². The molecular weight excluding hydrogens is 455 g/mol. The minimum absolute atomic E-state index is 0.0830. The summed E-state index contributed by atoms with van der Waals surface area (Å²) in [5, 5.41) is 2.40. The number of amides is 3. The van der Waals surface area contributed by atoms with Crippen molar-refractivity contribution in [3.05, 3.63) is 100 Å². The predicted octanol–water partition coefficient (Wildman–Crippen LogP) is 5.39. The van der Waals surface area contributed by atoms with Gasteiger partial charge in [-0.25, -0.2) is 4.39 Å². The van der Waals surface area contributed by atoms with Crippen LogP contribution >= 0.6 is 11.8 Å². The van der Waals surface area contributed by atoms with Gasteiger partial charge in [0.25, 0.3) is 17.1 Å². The van der Waals surface area contributed by atoms with Gasteiger partial charge in [-0.2, -0.15) is 0 Å². The van der Waals surface area contributed by atoms with E-state index < -0.39 is 5.91 Å². The fraction of sp³-hybridized carbons (Fsp3) is 0.115. The molecule has 3 aromatic carbocycles. The van der Waals surface area contributed by atoms with E-state index in [9.17, 15) is 18.8 Å². The van der Waals surface area contributed by atoms with Crippen molar-refractivity contribution in [2.24, 2.45) is 0 Å². The van der Waals surface area contributed by atoms with Crippen molar-refractivity contribution in [2.45, 2.75) is 13.5 Å². The van der Waals surface area contributed by atoms with Gasteiger partial charge in [-0.05, 0) is 77.9 Å². The molecule has 0 spiro atoms. The summed E-state index contributed by atoms with van der Waals surface area (Å²) in [4.78, 5) is 38.5. The molecule has 0 saturated carbocycles. The van der Waals surface area contributed by atoms with Crippen LogP contribution in [0.15, 0.2) is 77.7 Å². The first kappa shape index (κ1) is 23.3. The van der Waals surface area contributed by atoms with E-state index in [1.54, 1.807) is 48.5 Å². The zero-order valence-corrected chi connectivity index (χ0v) is 19.1. The molecule has 8 heteroatoms. The second-order valence-electron chi connectivity index (χ2n) is 7.67. The number of aryl methyl sites for hydroxylation is 1. The predicted molar refractivity (Wildman–Crippen MR) is 130 cm³/mol. The Hall–Kier alpha value is -3.91. The molecular formula is C26H21FN2O4S. The zero-order valence-electron chi connectivity index (χ0n) is 18.3. The number of imide groups is 1. The van der Waals surface area contributed by atoms with Crippen LogP contribution < -0.4 is 10.1 Å². The molecule has 172 valence electrons. The average molecular weight is 477 g/mol. The quantitative estimate of drug-likeness (QED) is 0.463. The van der Waals surface area contributed by atoms with Crippen molar-refractivity contribution in [1.82, 2.24) is 4.90 Å². The normalized spacial score (nSPS) is 14.5. The molecule has 6 nitrogen and oxygen atoms in total. The summed E-state index contributed by atoms with van der Waals surface area (Å²) in [6.07, 6.45) is 1.63. The lowest BCUT2D eigenvalue weighted by atomic mass is 10.2. The van der Waals surface area contributed by atoms with E-state index in [0.717, 1.165) is 22.2 Å². The highest BCUT2D eigenvalue weighted by Gasteiger charge is 2.34. The number of nitrogens with one attached hydrogen (secondary N) is 1. The van der Waals surface area contributed by atoms with Crippen molar-refractivity contribution >= 4 is 40.6 Å². The minimum Gasteiger partial charge on any atom is -0.484 e. The van der Waals surface area contributed by atoms with Crippen molar-refractivity contribution in [3.8, 4) is 5.75 Å². The van der Waals surface area contributed by atoms with Gasteiger partial charge in [0.05, 0.1) is 11.4 Å². The third kappa shape index (κ3) is 5.90. The van der Waals surface area contributed by atoms with Gasteiger partial charge in [0.15, 0.2) is 6.61 Å². The largest absolute Gasteiger partial charge is 0.484 e. The second kappa shape index (κ2) is 10.4. The highest BCUT2D eigenvalue weighted by molar-refractivity contribution is 8.18. The molecule has 3 aromatic rings. The number of anilines is 1. The van der Waals surface area contributed by atoms with Crippen molar-refractivity contribution in [3.63, 3.8) is 0 Å². The van der Waals surface area contributed by atoms with Crippen LogP contribution in [-0.2, 0) is 16.1 Å². The first-order chi connectivity index (χ1) is 16.4. The maximum atomic E-state index is 13.1. The molecule has 1 aliphatic heterocycles. The topological polar surface area (TPSA) is 75.7 Å².